The Morgan fingerprint density at radius 1 is 1.26 bits per heavy atom. The summed E-state index contributed by atoms with van der Waals surface area (Å²) >= 11 is 7.13. The monoisotopic (exact) mass is 295 g/mol. The van der Waals surface area contributed by atoms with Crippen molar-refractivity contribution in [1.82, 2.24) is 0 Å². The van der Waals surface area contributed by atoms with E-state index < -0.39 is 5.82 Å². The lowest BCUT2D eigenvalue weighted by Crippen LogP contribution is -2.13. The van der Waals surface area contributed by atoms with Crippen LogP contribution in [-0.4, -0.2) is 12.2 Å². The highest BCUT2D eigenvalue weighted by Crippen LogP contribution is 2.23. The van der Waals surface area contributed by atoms with Crippen molar-refractivity contribution < 1.29 is 9.18 Å². The largest absolute Gasteiger partial charge is 0.319 e. The van der Waals surface area contributed by atoms with E-state index >= 15 is 0 Å². The molecule has 2 aromatic rings. The molecule has 0 aliphatic rings. The highest BCUT2D eigenvalue weighted by molar-refractivity contribution is 7.98. The Balaban J connectivity index is 2.26. The summed E-state index contributed by atoms with van der Waals surface area (Å²) in [4.78, 5) is 12.9. The zero-order chi connectivity index (χ0) is 13.8. The van der Waals surface area contributed by atoms with E-state index in [9.17, 15) is 9.18 Å². The summed E-state index contributed by atoms with van der Waals surface area (Å²) in [5.41, 5.74) is 0.634. The number of anilines is 1. The Bertz CT molecular complexity index is 618. The van der Waals surface area contributed by atoms with Crippen LogP contribution < -0.4 is 5.32 Å². The second-order valence-electron chi connectivity index (χ2n) is 3.78. The molecule has 2 rings (SSSR count). The van der Waals surface area contributed by atoms with Crippen LogP contribution in [0.2, 0.25) is 5.02 Å². The SMILES string of the molecule is CSc1ccccc1C(=O)Nc1ccc(Cl)cc1F. The molecule has 0 aromatic heterocycles. The van der Waals surface area contributed by atoms with E-state index in [1.807, 2.05) is 18.4 Å². The maximum absolute atomic E-state index is 13.6. The molecule has 0 saturated carbocycles. The molecular formula is C14H11ClFNOS. The number of carbonyl (C=O) groups is 1. The summed E-state index contributed by atoms with van der Waals surface area (Å²) in [6.07, 6.45) is 1.88. The minimum Gasteiger partial charge on any atom is -0.319 e. The van der Waals surface area contributed by atoms with Gasteiger partial charge < -0.3 is 5.32 Å². The normalized spacial score (nSPS) is 10.3. The zero-order valence-corrected chi connectivity index (χ0v) is 11.7. The second-order valence-corrected chi connectivity index (χ2v) is 5.06. The van der Waals surface area contributed by atoms with Crippen molar-refractivity contribution in [1.29, 1.82) is 0 Å². The predicted octanol–water partition coefficient (Wildman–Crippen LogP) is 4.45. The van der Waals surface area contributed by atoms with Crippen molar-refractivity contribution >= 4 is 35.0 Å². The lowest BCUT2D eigenvalue weighted by Gasteiger charge is -2.09. The molecule has 1 N–H and O–H groups in total. The Hall–Kier alpha value is -1.52. The van der Waals surface area contributed by atoms with Crippen molar-refractivity contribution in [2.24, 2.45) is 0 Å². The first-order valence-electron chi connectivity index (χ1n) is 5.51. The summed E-state index contributed by atoms with van der Waals surface area (Å²) in [7, 11) is 0. The predicted molar refractivity (Wildman–Crippen MR) is 77.6 cm³/mol. The number of nitrogens with one attached hydrogen (secondary N) is 1. The number of rotatable bonds is 3. The van der Waals surface area contributed by atoms with Gasteiger partial charge in [0.25, 0.3) is 5.91 Å². The summed E-state index contributed by atoms with van der Waals surface area (Å²) < 4.78 is 13.6. The summed E-state index contributed by atoms with van der Waals surface area (Å²) in [5.74, 6) is -0.895. The van der Waals surface area contributed by atoms with Crippen LogP contribution in [0, 0.1) is 5.82 Å². The van der Waals surface area contributed by atoms with E-state index in [0.717, 1.165) is 11.0 Å². The van der Waals surface area contributed by atoms with E-state index in [0.29, 0.717) is 10.6 Å². The highest BCUT2D eigenvalue weighted by atomic mass is 35.5. The fourth-order valence-corrected chi connectivity index (χ4v) is 2.37. The molecule has 0 bridgehead atoms. The van der Waals surface area contributed by atoms with Crippen LogP contribution in [0.15, 0.2) is 47.4 Å². The first-order valence-corrected chi connectivity index (χ1v) is 7.11. The molecule has 0 spiro atoms. The van der Waals surface area contributed by atoms with Crippen LogP contribution in [0.5, 0.6) is 0 Å². The van der Waals surface area contributed by atoms with Gasteiger partial charge in [-0.25, -0.2) is 4.39 Å². The lowest BCUT2D eigenvalue weighted by molar-refractivity contribution is 0.102. The molecule has 0 saturated heterocycles. The van der Waals surface area contributed by atoms with Crippen LogP contribution in [0.1, 0.15) is 10.4 Å². The molecule has 2 aromatic carbocycles. The smallest absolute Gasteiger partial charge is 0.256 e. The van der Waals surface area contributed by atoms with Gasteiger partial charge in [-0.15, -0.1) is 11.8 Å². The molecule has 19 heavy (non-hydrogen) atoms. The van der Waals surface area contributed by atoms with Gasteiger partial charge in [0.2, 0.25) is 0 Å². The number of hydrogen-bond donors (Lipinski definition) is 1. The molecule has 5 heteroatoms. The first-order chi connectivity index (χ1) is 9.11. The number of hydrogen-bond acceptors (Lipinski definition) is 2. The van der Waals surface area contributed by atoms with Gasteiger partial charge in [0.15, 0.2) is 0 Å². The van der Waals surface area contributed by atoms with Gasteiger partial charge >= 0.3 is 0 Å². The van der Waals surface area contributed by atoms with Crippen molar-refractivity contribution in [3.8, 4) is 0 Å². The maximum Gasteiger partial charge on any atom is 0.256 e. The molecule has 98 valence electrons. The third kappa shape index (κ3) is 3.28. The molecule has 0 unspecified atom stereocenters. The molecule has 0 atom stereocenters. The Morgan fingerprint density at radius 2 is 2.00 bits per heavy atom. The van der Waals surface area contributed by atoms with Gasteiger partial charge in [0.05, 0.1) is 11.3 Å². The summed E-state index contributed by atoms with van der Waals surface area (Å²) in [6, 6.07) is 11.3. The third-order valence-corrected chi connectivity index (χ3v) is 3.56. The summed E-state index contributed by atoms with van der Waals surface area (Å²) in [5, 5.41) is 2.83. The van der Waals surface area contributed by atoms with Crippen LogP contribution in [0.4, 0.5) is 10.1 Å². The van der Waals surface area contributed by atoms with E-state index in [1.165, 1.54) is 23.9 Å². The fraction of sp³-hybridized carbons (Fsp3) is 0.0714. The van der Waals surface area contributed by atoms with Crippen molar-refractivity contribution in [2.75, 3.05) is 11.6 Å². The van der Waals surface area contributed by atoms with Gasteiger partial charge in [0.1, 0.15) is 5.82 Å². The number of amides is 1. The van der Waals surface area contributed by atoms with Gasteiger partial charge in [-0.2, -0.15) is 0 Å². The second kappa shape index (κ2) is 6.08. The van der Waals surface area contributed by atoms with Crippen LogP contribution in [0.3, 0.4) is 0 Å². The molecule has 0 radical (unpaired) electrons. The minimum absolute atomic E-state index is 0.116. The number of carbonyl (C=O) groups excluding carboxylic acids is 1. The molecule has 0 aliphatic carbocycles. The minimum atomic E-state index is -0.553. The number of benzene rings is 2. The Kier molecular flexibility index (Phi) is 4.45. The quantitative estimate of drug-likeness (QED) is 0.847. The Labute approximate surface area is 120 Å². The average molecular weight is 296 g/mol. The van der Waals surface area contributed by atoms with E-state index in [4.69, 9.17) is 11.6 Å². The number of thioether (sulfide) groups is 1. The zero-order valence-electron chi connectivity index (χ0n) is 10.1. The van der Waals surface area contributed by atoms with Crippen molar-refractivity contribution in [3.63, 3.8) is 0 Å². The fourth-order valence-electron chi connectivity index (χ4n) is 1.61. The van der Waals surface area contributed by atoms with Crippen LogP contribution >= 0.6 is 23.4 Å². The maximum atomic E-state index is 13.6. The standard InChI is InChI=1S/C14H11ClFNOS/c1-19-13-5-3-2-4-10(13)14(18)17-12-7-6-9(15)8-11(12)16/h2-8H,1H3,(H,17,18). The topological polar surface area (TPSA) is 29.1 Å². The average Bonchev–Trinajstić information content (AvgIpc) is 2.41. The molecule has 1 amide bonds. The number of halogens is 2. The Morgan fingerprint density at radius 3 is 2.68 bits per heavy atom. The third-order valence-electron chi connectivity index (χ3n) is 2.53. The first kappa shape index (κ1) is 13.9. The van der Waals surface area contributed by atoms with E-state index in [1.54, 1.807) is 12.1 Å². The molecular weight excluding hydrogens is 285 g/mol. The van der Waals surface area contributed by atoms with Gasteiger partial charge in [-0.3, -0.25) is 4.79 Å². The summed E-state index contributed by atoms with van der Waals surface area (Å²) in [6.45, 7) is 0. The van der Waals surface area contributed by atoms with Gasteiger partial charge in [0, 0.05) is 9.92 Å². The van der Waals surface area contributed by atoms with Crippen LogP contribution in [-0.2, 0) is 0 Å². The van der Waals surface area contributed by atoms with Crippen LogP contribution in [0.25, 0.3) is 0 Å². The molecule has 0 heterocycles. The molecule has 0 fully saturated rings. The highest BCUT2D eigenvalue weighted by Gasteiger charge is 2.12. The lowest BCUT2D eigenvalue weighted by atomic mass is 10.2. The van der Waals surface area contributed by atoms with E-state index in [2.05, 4.69) is 5.32 Å². The van der Waals surface area contributed by atoms with Gasteiger partial charge in [-0.05, 0) is 36.6 Å². The molecule has 0 aliphatic heterocycles. The molecule has 2 nitrogen and oxygen atoms in total. The van der Waals surface area contributed by atoms with E-state index in [-0.39, 0.29) is 11.6 Å². The van der Waals surface area contributed by atoms with Crippen molar-refractivity contribution in [2.45, 2.75) is 4.90 Å². The van der Waals surface area contributed by atoms with Crippen molar-refractivity contribution in [3.05, 3.63) is 58.9 Å². The van der Waals surface area contributed by atoms with Gasteiger partial charge in [-0.1, -0.05) is 23.7 Å².